The number of nitrogens with zero attached hydrogens (tertiary/aromatic N) is 1. The number of β-amino-alcohol motifs (C(OH)–C–C–N with tert-alkyl or cyclic N) is 1. The Kier molecular flexibility index (Phi) is 7.15. The predicted octanol–water partition coefficient (Wildman–Crippen LogP) is 1.75. The van der Waals surface area contributed by atoms with Crippen LogP contribution in [-0.2, 0) is 10.0 Å². The van der Waals surface area contributed by atoms with Crippen molar-refractivity contribution in [1.82, 2.24) is 9.62 Å². The van der Waals surface area contributed by atoms with Gasteiger partial charge in [0.1, 0.15) is 11.9 Å². The molecule has 1 fully saturated rings. The third-order valence-corrected chi connectivity index (χ3v) is 5.21. The average molecular weight is 397 g/mol. The molecule has 1 aromatic rings. The summed E-state index contributed by atoms with van der Waals surface area (Å²) in [5.41, 5.74) is 0. The lowest BCUT2D eigenvalue weighted by Gasteiger charge is -2.33. The molecule has 1 heterocycles. The molecule has 1 aliphatic heterocycles. The van der Waals surface area contributed by atoms with Crippen LogP contribution in [0, 0.1) is 0 Å². The van der Waals surface area contributed by atoms with E-state index in [1.165, 1.54) is 0 Å². The maximum Gasteiger partial charge on any atom is 0.208 e. The number of rotatable bonds is 7. The molecule has 2 rings (SSSR count). The van der Waals surface area contributed by atoms with Gasteiger partial charge in [-0.1, -0.05) is 23.2 Å². The fourth-order valence-corrected chi connectivity index (χ4v) is 3.35. The zero-order valence-corrected chi connectivity index (χ0v) is 15.7. The van der Waals surface area contributed by atoms with Crippen molar-refractivity contribution in [2.45, 2.75) is 25.0 Å². The lowest BCUT2D eigenvalue weighted by molar-refractivity contribution is 0.0630. The molecule has 0 saturated carbocycles. The minimum Gasteiger partial charge on any atom is -0.490 e. The predicted molar refractivity (Wildman–Crippen MR) is 95.4 cm³/mol. The summed E-state index contributed by atoms with van der Waals surface area (Å²) in [7, 11) is -3.28. The van der Waals surface area contributed by atoms with E-state index in [9.17, 15) is 13.5 Å². The van der Waals surface area contributed by atoms with E-state index in [-0.39, 0.29) is 12.6 Å². The van der Waals surface area contributed by atoms with E-state index in [0.717, 1.165) is 32.2 Å². The van der Waals surface area contributed by atoms with E-state index in [0.29, 0.717) is 22.3 Å². The number of nitrogens with one attached hydrogen (secondary N) is 1. The molecule has 0 aliphatic carbocycles. The summed E-state index contributed by atoms with van der Waals surface area (Å²) >= 11 is 11.9. The molecule has 136 valence electrons. The van der Waals surface area contributed by atoms with E-state index in [1.807, 2.05) is 0 Å². The van der Waals surface area contributed by atoms with Crippen LogP contribution < -0.4 is 9.46 Å². The van der Waals surface area contributed by atoms with Crippen LogP contribution in [0.1, 0.15) is 12.8 Å². The first-order valence-electron chi connectivity index (χ1n) is 7.69. The highest BCUT2D eigenvalue weighted by molar-refractivity contribution is 7.88. The van der Waals surface area contributed by atoms with Crippen LogP contribution >= 0.6 is 23.2 Å². The summed E-state index contributed by atoms with van der Waals surface area (Å²) in [6, 6.07) is 5.21. The Balaban J connectivity index is 1.73. The Hall–Kier alpha value is -0.570. The van der Waals surface area contributed by atoms with Crippen LogP contribution in [0.3, 0.4) is 0 Å². The molecule has 1 atom stereocenters. The van der Waals surface area contributed by atoms with Crippen LogP contribution in [0.25, 0.3) is 0 Å². The van der Waals surface area contributed by atoms with Crippen molar-refractivity contribution in [3.05, 3.63) is 28.2 Å². The van der Waals surface area contributed by atoms with Crippen LogP contribution in [-0.4, -0.2) is 63.1 Å². The molecule has 1 aliphatic rings. The van der Waals surface area contributed by atoms with Gasteiger partial charge >= 0.3 is 0 Å². The standard InChI is InChI=1S/C15H22Cl2N2O4S/c1-24(21,22)18-9-11(20)10-19-6-4-12(5-7-19)23-13-2-3-14(16)15(17)8-13/h2-3,8,11-12,18,20H,4-7,9-10H2,1H3/t11-/m0/s1. The van der Waals surface area contributed by atoms with E-state index in [1.54, 1.807) is 18.2 Å². The second-order valence-electron chi connectivity index (χ2n) is 5.97. The fraction of sp³-hybridized carbons (Fsp3) is 0.600. The number of piperidine rings is 1. The Morgan fingerprint density at radius 1 is 1.33 bits per heavy atom. The SMILES string of the molecule is CS(=O)(=O)NC[C@H](O)CN1CCC(Oc2ccc(Cl)c(Cl)c2)CC1. The first-order valence-corrected chi connectivity index (χ1v) is 10.3. The zero-order valence-electron chi connectivity index (χ0n) is 13.4. The van der Waals surface area contributed by atoms with Gasteiger partial charge in [-0.15, -0.1) is 0 Å². The third-order valence-electron chi connectivity index (χ3n) is 3.78. The van der Waals surface area contributed by atoms with Gasteiger partial charge in [-0.2, -0.15) is 0 Å². The first kappa shape index (κ1) is 19.8. The van der Waals surface area contributed by atoms with Gasteiger partial charge in [0.05, 0.1) is 22.4 Å². The Morgan fingerprint density at radius 2 is 2.00 bits per heavy atom. The van der Waals surface area contributed by atoms with Gasteiger partial charge in [0, 0.05) is 32.2 Å². The Morgan fingerprint density at radius 3 is 2.58 bits per heavy atom. The number of halogens is 2. The highest BCUT2D eigenvalue weighted by Gasteiger charge is 2.22. The summed E-state index contributed by atoms with van der Waals surface area (Å²) < 4.78 is 30.3. The van der Waals surface area contributed by atoms with Crippen molar-refractivity contribution < 1.29 is 18.3 Å². The van der Waals surface area contributed by atoms with Crippen LogP contribution in [0.2, 0.25) is 10.0 Å². The van der Waals surface area contributed by atoms with Crippen LogP contribution in [0.15, 0.2) is 18.2 Å². The van der Waals surface area contributed by atoms with E-state index < -0.39 is 16.1 Å². The topological polar surface area (TPSA) is 78.9 Å². The van der Waals surface area contributed by atoms with E-state index >= 15 is 0 Å². The molecular formula is C15H22Cl2N2O4S. The highest BCUT2D eigenvalue weighted by atomic mass is 35.5. The molecule has 0 amide bonds. The summed E-state index contributed by atoms with van der Waals surface area (Å²) in [5.74, 6) is 0.695. The molecule has 0 unspecified atom stereocenters. The average Bonchev–Trinajstić information content (AvgIpc) is 2.50. The molecule has 0 aromatic heterocycles. The number of hydrogen-bond acceptors (Lipinski definition) is 5. The van der Waals surface area contributed by atoms with Crippen LogP contribution in [0.4, 0.5) is 0 Å². The van der Waals surface area contributed by atoms with Gasteiger partial charge in [-0.3, -0.25) is 0 Å². The van der Waals surface area contributed by atoms with Gasteiger partial charge in [0.2, 0.25) is 10.0 Å². The molecule has 2 N–H and O–H groups in total. The second kappa shape index (κ2) is 8.69. The summed E-state index contributed by atoms with van der Waals surface area (Å²) in [6.45, 7) is 2.02. The number of ether oxygens (including phenoxy) is 1. The van der Waals surface area contributed by atoms with Crippen molar-refractivity contribution in [2.24, 2.45) is 0 Å². The van der Waals surface area contributed by atoms with Gasteiger partial charge in [0.25, 0.3) is 0 Å². The number of aliphatic hydroxyl groups excluding tert-OH is 1. The molecule has 0 bridgehead atoms. The van der Waals surface area contributed by atoms with Crippen molar-refractivity contribution in [2.75, 3.05) is 32.4 Å². The first-order chi connectivity index (χ1) is 11.2. The Labute approximate surface area is 152 Å². The van der Waals surface area contributed by atoms with Crippen molar-refractivity contribution in [3.63, 3.8) is 0 Å². The third kappa shape index (κ3) is 6.74. The van der Waals surface area contributed by atoms with Gasteiger partial charge in [-0.05, 0) is 25.0 Å². The molecule has 6 nitrogen and oxygen atoms in total. The summed E-state index contributed by atoms with van der Waals surface area (Å²) in [5, 5.41) is 10.9. The van der Waals surface area contributed by atoms with E-state index in [4.69, 9.17) is 27.9 Å². The minimum atomic E-state index is -3.28. The van der Waals surface area contributed by atoms with Gasteiger partial charge in [-0.25, -0.2) is 13.1 Å². The molecule has 9 heteroatoms. The van der Waals surface area contributed by atoms with Gasteiger partial charge in [0.15, 0.2) is 0 Å². The maximum absolute atomic E-state index is 11.0. The van der Waals surface area contributed by atoms with Crippen molar-refractivity contribution in [3.8, 4) is 5.75 Å². The number of aliphatic hydroxyl groups is 1. The summed E-state index contributed by atoms with van der Waals surface area (Å²) in [4.78, 5) is 2.10. The fourth-order valence-electron chi connectivity index (χ4n) is 2.56. The van der Waals surface area contributed by atoms with Gasteiger partial charge < -0.3 is 14.7 Å². The largest absolute Gasteiger partial charge is 0.490 e. The number of sulfonamides is 1. The number of likely N-dealkylation sites (tertiary alicyclic amines) is 1. The summed E-state index contributed by atoms with van der Waals surface area (Å²) in [6.07, 6.45) is 2.09. The molecule has 0 radical (unpaired) electrons. The quantitative estimate of drug-likeness (QED) is 0.733. The Bertz CT molecular complexity index is 649. The molecular weight excluding hydrogens is 375 g/mol. The molecule has 24 heavy (non-hydrogen) atoms. The molecule has 0 spiro atoms. The zero-order chi connectivity index (χ0) is 17.7. The lowest BCUT2D eigenvalue weighted by atomic mass is 10.1. The van der Waals surface area contributed by atoms with E-state index in [2.05, 4.69) is 9.62 Å². The monoisotopic (exact) mass is 396 g/mol. The minimum absolute atomic E-state index is 0.0263. The van der Waals surface area contributed by atoms with Crippen molar-refractivity contribution in [1.29, 1.82) is 0 Å². The molecule has 1 aromatic carbocycles. The highest BCUT2D eigenvalue weighted by Crippen LogP contribution is 2.28. The smallest absolute Gasteiger partial charge is 0.208 e. The maximum atomic E-state index is 11.0. The second-order valence-corrected chi connectivity index (χ2v) is 8.62. The molecule has 1 saturated heterocycles. The van der Waals surface area contributed by atoms with Crippen LogP contribution in [0.5, 0.6) is 5.75 Å². The van der Waals surface area contributed by atoms with Crippen molar-refractivity contribution >= 4 is 33.2 Å². The normalized spacial score (nSPS) is 18.5. The number of benzene rings is 1. The lowest BCUT2D eigenvalue weighted by Crippen LogP contribution is -2.44. The number of hydrogen-bond donors (Lipinski definition) is 2.